The molecular formula is C18H24N4O. The van der Waals surface area contributed by atoms with Crippen LogP contribution in [0.3, 0.4) is 0 Å². The molecule has 1 atom stereocenters. The van der Waals surface area contributed by atoms with Gasteiger partial charge in [0.1, 0.15) is 6.33 Å². The zero-order valence-electron chi connectivity index (χ0n) is 13.9. The second-order valence-corrected chi connectivity index (χ2v) is 5.81. The van der Waals surface area contributed by atoms with E-state index in [9.17, 15) is 4.79 Å². The molecule has 2 N–H and O–H groups in total. The average molecular weight is 312 g/mol. The smallest absolute Gasteiger partial charge is 0.254 e. The fourth-order valence-electron chi connectivity index (χ4n) is 2.33. The summed E-state index contributed by atoms with van der Waals surface area (Å²) in [7, 11) is 0. The van der Waals surface area contributed by atoms with Crippen molar-refractivity contribution in [3.8, 4) is 0 Å². The Kier molecular flexibility index (Phi) is 6.09. The molecule has 0 saturated heterocycles. The van der Waals surface area contributed by atoms with Crippen LogP contribution in [0.4, 0.5) is 5.69 Å². The molecule has 0 unspecified atom stereocenters. The Morgan fingerprint density at radius 1 is 1.22 bits per heavy atom. The quantitative estimate of drug-likeness (QED) is 0.825. The van der Waals surface area contributed by atoms with Gasteiger partial charge in [-0.25, -0.2) is 9.97 Å². The van der Waals surface area contributed by atoms with Crippen LogP contribution in [-0.4, -0.2) is 28.5 Å². The molecule has 5 heteroatoms. The van der Waals surface area contributed by atoms with Gasteiger partial charge in [-0.15, -0.1) is 0 Å². The van der Waals surface area contributed by atoms with Crippen molar-refractivity contribution in [2.24, 2.45) is 5.92 Å². The predicted octanol–water partition coefficient (Wildman–Crippen LogP) is 2.91. The van der Waals surface area contributed by atoms with Crippen molar-refractivity contribution in [2.45, 2.75) is 33.2 Å². The molecule has 2 rings (SSSR count). The van der Waals surface area contributed by atoms with Gasteiger partial charge in [0.15, 0.2) is 0 Å². The first-order chi connectivity index (χ1) is 11.1. The minimum absolute atomic E-state index is 0.122. The van der Waals surface area contributed by atoms with Gasteiger partial charge in [-0.1, -0.05) is 39.0 Å². The highest BCUT2D eigenvalue weighted by Crippen LogP contribution is 2.12. The van der Waals surface area contributed by atoms with Crippen LogP contribution in [0.15, 0.2) is 42.9 Å². The van der Waals surface area contributed by atoms with Crippen molar-refractivity contribution in [1.82, 2.24) is 15.3 Å². The lowest BCUT2D eigenvalue weighted by Crippen LogP contribution is -2.40. The molecule has 0 aliphatic heterocycles. The summed E-state index contributed by atoms with van der Waals surface area (Å²) in [5.41, 5.74) is 2.38. The van der Waals surface area contributed by atoms with Gasteiger partial charge >= 0.3 is 0 Å². The number of carbonyl (C=O) groups is 1. The predicted molar refractivity (Wildman–Crippen MR) is 92.4 cm³/mol. The molecule has 0 saturated carbocycles. The molecule has 2 aromatic rings. The molecule has 0 fully saturated rings. The number of rotatable bonds is 7. The van der Waals surface area contributed by atoms with Crippen molar-refractivity contribution in [2.75, 3.05) is 11.9 Å². The minimum atomic E-state index is -0.122. The van der Waals surface area contributed by atoms with Crippen LogP contribution in [0.25, 0.3) is 0 Å². The first-order valence-corrected chi connectivity index (χ1v) is 8.00. The number of aromatic nitrogens is 2. The molecule has 1 amide bonds. The van der Waals surface area contributed by atoms with Crippen LogP contribution < -0.4 is 10.6 Å². The summed E-state index contributed by atoms with van der Waals surface area (Å²) in [6.45, 7) is 6.79. The van der Waals surface area contributed by atoms with E-state index in [-0.39, 0.29) is 11.9 Å². The van der Waals surface area contributed by atoms with Gasteiger partial charge in [-0.2, -0.15) is 0 Å². The molecule has 1 aromatic carbocycles. The molecule has 0 bridgehead atoms. The summed E-state index contributed by atoms with van der Waals surface area (Å²) < 4.78 is 0. The number of para-hydroxylation sites is 1. The van der Waals surface area contributed by atoms with Crippen LogP contribution in [0.2, 0.25) is 0 Å². The monoisotopic (exact) mass is 312 g/mol. The Bertz CT molecular complexity index is 628. The lowest BCUT2D eigenvalue weighted by atomic mass is 10.0. The standard InChI is InChI=1S/C18H24N4O/c1-4-16-15(10-19-12-21-16)18(23)20-11-17(13(2)3)22-14-8-6-5-7-9-14/h5-10,12-13,17,22H,4,11H2,1-3H3,(H,20,23)/t17-/m1/s1. The van der Waals surface area contributed by atoms with E-state index in [0.29, 0.717) is 24.4 Å². The number of carbonyl (C=O) groups excluding carboxylic acids is 1. The first kappa shape index (κ1) is 16.9. The van der Waals surface area contributed by atoms with Crippen LogP contribution in [0.1, 0.15) is 36.8 Å². The lowest BCUT2D eigenvalue weighted by Gasteiger charge is -2.24. The maximum atomic E-state index is 12.4. The third-order valence-corrected chi connectivity index (χ3v) is 3.79. The number of aryl methyl sites for hydroxylation is 1. The molecule has 122 valence electrons. The minimum Gasteiger partial charge on any atom is -0.380 e. The number of anilines is 1. The summed E-state index contributed by atoms with van der Waals surface area (Å²) in [4.78, 5) is 20.5. The van der Waals surface area contributed by atoms with Crippen LogP contribution in [0.5, 0.6) is 0 Å². The van der Waals surface area contributed by atoms with Crippen LogP contribution in [-0.2, 0) is 6.42 Å². The van der Waals surface area contributed by atoms with Gasteiger partial charge in [-0.3, -0.25) is 4.79 Å². The zero-order valence-corrected chi connectivity index (χ0v) is 13.9. The van der Waals surface area contributed by atoms with Crippen LogP contribution in [0, 0.1) is 5.92 Å². The van der Waals surface area contributed by atoms with E-state index in [1.807, 2.05) is 37.3 Å². The largest absolute Gasteiger partial charge is 0.380 e. The third kappa shape index (κ3) is 4.77. The van der Waals surface area contributed by atoms with Crippen molar-refractivity contribution in [3.05, 3.63) is 54.1 Å². The molecule has 0 aliphatic rings. The second-order valence-electron chi connectivity index (χ2n) is 5.81. The number of nitrogens with one attached hydrogen (secondary N) is 2. The van der Waals surface area contributed by atoms with Crippen LogP contribution >= 0.6 is 0 Å². The fourth-order valence-corrected chi connectivity index (χ4v) is 2.33. The van der Waals surface area contributed by atoms with E-state index in [2.05, 4.69) is 34.4 Å². The maximum absolute atomic E-state index is 12.4. The number of amides is 1. The van der Waals surface area contributed by atoms with Crippen molar-refractivity contribution in [3.63, 3.8) is 0 Å². The average Bonchev–Trinajstić information content (AvgIpc) is 2.58. The number of nitrogens with zero attached hydrogens (tertiary/aromatic N) is 2. The summed E-state index contributed by atoms with van der Waals surface area (Å²) in [5, 5.41) is 6.46. The van der Waals surface area contributed by atoms with E-state index in [1.54, 1.807) is 6.20 Å². The highest BCUT2D eigenvalue weighted by Gasteiger charge is 2.17. The highest BCUT2D eigenvalue weighted by atomic mass is 16.1. The third-order valence-electron chi connectivity index (χ3n) is 3.79. The first-order valence-electron chi connectivity index (χ1n) is 8.00. The van der Waals surface area contributed by atoms with Crippen molar-refractivity contribution >= 4 is 11.6 Å². The molecule has 5 nitrogen and oxygen atoms in total. The Labute approximate surface area is 137 Å². The van der Waals surface area contributed by atoms with Crippen molar-refractivity contribution < 1.29 is 4.79 Å². The van der Waals surface area contributed by atoms with Crippen molar-refractivity contribution in [1.29, 1.82) is 0 Å². The van der Waals surface area contributed by atoms with E-state index in [1.165, 1.54) is 6.33 Å². The molecular weight excluding hydrogens is 288 g/mol. The summed E-state index contributed by atoms with van der Waals surface area (Å²) in [6, 6.07) is 10.2. The fraction of sp³-hybridized carbons (Fsp3) is 0.389. The molecule has 0 radical (unpaired) electrons. The lowest BCUT2D eigenvalue weighted by molar-refractivity contribution is 0.0948. The van der Waals surface area contributed by atoms with Gasteiger partial charge in [-0.05, 0) is 24.5 Å². The van der Waals surface area contributed by atoms with E-state index < -0.39 is 0 Å². The molecule has 1 aromatic heterocycles. The van der Waals surface area contributed by atoms with Gasteiger partial charge < -0.3 is 10.6 Å². The van der Waals surface area contributed by atoms with E-state index >= 15 is 0 Å². The number of hydrogen-bond acceptors (Lipinski definition) is 4. The molecule has 23 heavy (non-hydrogen) atoms. The SMILES string of the molecule is CCc1ncncc1C(=O)NC[C@@H](Nc1ccccc1)C(C)C. The Morgan fingerprint density at radius 3 is 2.61 bits per heavy atom. The summed E-state index contributed by atoms with van der Waals surface area (Å²) >= 11 is 0. The molecule has 0 aliphatic carbocycles. The van der Waals surface area contributed by atoms with Gasteiger partial charge in [0.25, 0.3) is 5.91 Å². The normalized spacial score (nSPS) is 12.0. The van der Waals surface area contributed by atoms with E-state index in [4.69, 9.17) is 0 Å². The van der Waals surface area contributed by atoms with E-state index in [0.717, 1.165) is 11.4 Å². The molecule has 0 spiro atoms. The Morgan fingerprint density at radius 2 is 1.96 bits per heavy atom. The highest BCUT2D eigenvalue weighted by molar-refractivity contribution is 5.94. The summed E-state index contributed by atoms with van der Waals surface area (Å²) in [5.74, 6) is 0.260. The van der Waals surface area contributed by atoms with Gasteiger partial charge in [0.05, 0.1) is 11.3 Å². The number of hydrogen-bond donors (Lipinski definition) is 2. The number of benzene rings is 1. The van der Waals surface area contributed by atoms with Gasteiger partial charge in [0, 0.05) is 24.5 Å². The Balaban J connectivity index is 2.00. The van der Waals surface area contributed by atoms with Gasteiger partial charge in [0.2, 0.25) is 0 Å². The summed E-state index contributed by atoms with van der Waals surface area (Å²) in [6.07, 6.45) is 3.76. The maximum Gasteiger partial charge on any atom is 0.254 e. The topological polar surface area (TPSA) is 66.9 Å². The molecule has 1 heterocycles. The second kappa shape index (κ2) is 8.27. The Hall–Kier alpha value is -2.43. The zero-order chi connectivity index (χ0) is 16.7.